The van der Waals surface area contributed by atoms with Crippen LogP contribution in [0.1, 0.15) is 15.2 Å². The summed E-state index contributed by atoms with van der Waals surface area (Å²) in [6.45, 7) is 0. The Labute approximate surface area is 175 Å². The van der Waals surface area contributed by atoms with Gasteiger partial charge in [-0.15, -0.1) is 22.7 Å². The highest BCUT2D eigenvalue weighted by molar-refractivity contribution is 7.21. The van der Waals surface area contributed by atoms with Crippen LogP contribution in [0.25, 0.3) is 20.8 Å². The quantitative estimate of drug-likeness (QED) is 0.370. The first-order valence-corrected chi connectivity index (χ1v) is 10.2. The van der Waals surface area contributed by atoms with Gasteiger partial charge in [-0.25, -0.2) is 4.98 Å². The lowest BCUT2D eigenvalue weighted by Gasteiger charge is -2.10. The molecule has 0 radical (unpaired) electrons. The Kier molecular flexibility index (Phi) is 4.97. The van der Waals surface area contributed by atoms with E-state index in [1.165, 1.54) is 11.3 Å². The number of nitrogen functional groups attached to an aromatic ring is 1. The molecule has 0 atom stereocenters. The molecular formula is C19H11ClF3N3OS2. The molecule has 0 bridgehead atoms. The van der Waals surface area contributed by atoms with Gasteiger partial charge in [0.1, 0.15) is 9.71 Å². The molecule has 1 aromatic carbocycles. The monoisotopic (exact) mass is 453 g/mol. The fourth-order valence-electron chi connectivity index (χ4n) is 2.78. The van der Waals surface area contributed by atoms with Gasteiger partial charge in [0.25, 0.3) is 5.91 Å². The lowest BCUT2D eigenvalue weighted by Crippen LogP contribution is -2.12. The van der Waals surface area contributed by atoms with Crippen LogP contribution in [-0.4, -0.2) is 10.9 Å². The highest BCUT2D eigenvalue weighted by Crippen LogP contribution is 2.44. The number of alkyl halides is 3. The summed E-state index contributed by atoms with van der Waals surface area (Å²) in [7, 11) is 0. The molecule has 0 spiro atoms. The van der Waals surface area contributed by atoms with Crippen LogP contribution in [-0.2, 0) is 6.18 Å². The Morgan fingerprint density at radius 3 is 2.52 bits per heavy atom. The van der Waals surface area contributed by atoms with Crippen molar-refractivity contribution in [3.63, 3.8) is 0 Å². The molecule has 4 nitrogen and oxygen atoms in total. The van der Waals surface area contributed by atoms with Crippen molar-refractivity contribution in [2.75, 3.05) is 11.1 Å². The van der Waals surface area contributed by atoms with Gasteiger partial charge in [0.2, 0.25) is 0 Å². The third-order valence-electron chi connectivity index (χ3n) is 4.09. The van der Waals surface area contributed by atoms with Crippen LogP contribution in [0.4, 0.5) is 24.5 Å². The minimum absolute atomic E-state index is 0.0312. The Hall–Kier alpha value is -2.62. The van der Waals surface area contributed by atoms with Crippen LogP contribution in [0.15, 0.2) is 47.8 Å². The fourth-order valence-corrected chi connectivity index (χ4v) is 4.61. The van der Waals surface area contributed by atoms with E-state index in [1.807, 2.05) is 0 Å². The number of carbonyl (C=O) groups excluding carboxylic acids is 1. The molecule has 3 N–H and O–H groups in total. The van der Waals surface area contributed by atoms with E-state index >= 15 is 0 Å². The first kappa shape index (κ1) is 19.7. The SMILES string of the molecule is Nc1c(C(=O)Nc2ccc(Cl)cc2)sc2nc(-c3cccs3)cc(C(F)(F)F)c12. The molecule has 0 aliphatic heterocycles. The molecule has 0 unspecified atom stereocenters. The lowest BCUT2D eigenvalue weighted by atomic mass is 10.1. The minimum Gasteiger partial charge on any atom is -0.397 e. The van der Waals surface area contributed by atoms with Crippen LogP contribution >= 0.6 is 34.3 Å². The zero-order valence-corrected chi connectivity index (χ0v) is 16.8. The lowest BCUT2D eigenvalue weighted by molar-refractivity contribution is -0.136. The second-order valence-corrected chi connectivity index (χ2v) is 8.40. The largest absolute Gasteiger partial charge is 0.417 e. The van der Waals surface area contributed by atoms with Gasteiger partial charge in [0, 0.05) is 16.1 Å². The molecule has 0 fully saturated rings. The highest BCUT2D eigenvalue weighted by atomic mass is 35.5. The summed E-state index contributed by atoms with van der Waals surface area (Å²) in [4.78, 5) is 17.6. The number of fused-ring (bicyclic) bond motifs is 1. The summed E-state index contributed by atoms with van der Waals surface area (Å²) < 4.78 is 41.2. The Morgan fingerprint density at radius 1 is 1.17 bits per heavy atom. The van der Waals surface area contributed by atoms with Crippen LogP contribution in [0.3, 0.4) is 0 Å². The molecule has 4 rings (SSSR count). The number of anilines is 2. The number of carbonyl (C=O) groups is 1. The Balaban J connectivity index is 1.83. The van der Waals surface area contributed by atoms with E-state index in [-0.39, 0.29) is 26.5 Å². The van der Waals surface area contributed by atoms with Crippen LogP contribution in [0.2, 0.25) is 5.02 Å². The van der Waals surface area contributed by atoms with Crippen molar-refractivity contribution in [3.05, 3.63) is 63.3 Å². The van der Waals surface area contributed by atoms with Crippen LogP contribution in [0.5, 0.6) is 0 Å². The van der Waals surface area contributed by atoms with Crippen LogP contribution < -0.4 is 11.1 Å². The number of rotatable bonds is 3. The van der Waals surface area contributed by atoms with E-state index < -0.39 is 17.6 Å². The number of nitrogens with zero attached hydrogens (tertiary/aromatic N) is 1. The number of benzene rings is 1. The normalized spacial score (nSPS) is 11.7. The average Bonchev–Trinajstić information content (AvgIpc) is 3.30. The van der Waals surface area contributed by atoms with Crippen molar-refractivity contribution in [3.8, 4) is 10.6 Å². The minimum atomic E-state index is -4.65. The van der Waals surface area contributed by atoms with Gasteiger partial charge in [0.05, 0.1) is 21.8 Å². The first-order valence-electron chi connectivity index (χ1n) is 8.15. The van der Waals surface area contributed by atoms with E-state index in [0.717, 1.165) is 17.4 Å². The van der Waals surface area contributed by atoms with Gasteiger partial charge in [-0.3, -0.25) is 4.79 Å². The summed E-state index contributed by atoms with van der Waals surface area (Å²) >= 11 is 7.92. The number of amides is 1. The van der Waals surface area contributed by atoms with Crippen LogP contribution in [0, 0.1) is 0 Å². The molecule has 4 aromatic rings. The number of halogens is 4. The molecule has 10 heteroatoms. The fraction of sp³-hybridized carbons (Fsp3) is 0.0526. The van der Waals surface area contributed by atoms with E-state index in [4.69, 9.17) is 17.3 Å². The molecule has 148 valence electrons. The maximum atomic E-state index is 13.7. The van der Waals surface area contributed by atoms with E-state index in [1.54, 1.807) is 41.8 Å². The summed E-state index contributed by atoms with van der Waals surface area (Å²) in [6.07, 6.45) is -4.65. The van der Waals surface area contributed by atoms with Crippen molar-refractivity contribution in [1.29, 1.82) is 0 Å². The van der Waals surface area contributed by atoms with Gasteiger partial charge < -0.3 is 11.1 Å². The zero-order chi connectivity index (χ0) is 20.8. The maximum Gasteiger partial charge on any atom is 0.417 e. The molecule has 0 saturated heterocycles. The topological polar surface area (TPSA) is 68.0 Å². The van der Waals surface area contributed by atoms with Crippen molar-refractivity contribution < 1.29 is 18.0 Å². The molecule has 1 amide bonds. The number of hydrogen-bond acceptors (Lipinski definition) is 5. The number of thiophene rings is 2. The average molecular weight is 454 g/mol. The number of aromatic nitrogens is 1. The smallest absolute Gasteiger partial charge is 0.397 e. The van der Waals surface area contributed by atoms with Gasteiger partial charge in [-0.05, 0) is 41.8 Å². The van der Waals surface area contributed by atoms with Crippen molar-refractivity contribution in [2.24, 2.45) is 0 Å². The van der Waals surface area contributed by atoms with Gasteiger partial charge in [-0.1, -0.05) is 17.7 Å². The van der Waals surface area contributed by atoms with Crippen molar-refractivity contribution in [2.45, 2.75) is 6.18 Å². The highest BCUT2D eigenvalue weighted by Gasteiger charge is 2.36. The molecule has 3 aromatic heterocycles. The number of nitrogens with one attached hydrogen (secondary N) is 1. The summed E-state index contributed by atoms with van der Waals surface area (Å²) in [6, 6.07) is 10.7. The zero-order valence-electron chi connectivity index (χ0n) is 14.4. The first-order chi connectivity index (χ1) is 13.7. The second kappa shape index (κ2) is 7.33. The predicted octanol–water partition coefficient (Wildman–Crippen LogP) is 6.53. The number of nitrogens with two attached hydrogens (primary N) is 1. The number of hydrogen-bond donors (Lipinski definition) is 2. The molecule has 29 heavy (non-hydrogen) atoms. The summed E-state index contributed by atoms with van der Waals surface area (Å²) in [5.41, 5.74) is 5.45. The molecule has 3 heterocycles. The van der Waals surface area contributed by atoms with Gasteiger partial charge in [0.15, 0.2) is 0 Å². The van der Waals surface area contributed by atoms with E-state index in [0.29, 0.717) is 15.6 Å². The van der Waals surface area contributed by atoms with Crippen molar-refractivity contribution >= 4 is 61.8 Å². The Morgan fingerprint density at radius 2 is 1.90 bits per heavy atom. The second-order valence-electron chi connectivity index (χ2n) is 6.02. The summed E-state index contributed by atoms with van der Waals surface area (Å²) in [5, 5.41) is 4.60. The molecule has 0 aliphatic rings. The summed E-state index contributed by atoms with van der Waals surface area (Å²) in [5.74, 6) is -0.612. The van der Waals surface area contributed by atoms with Crippen molar-refractivity contribution in [1.82, 2.24) is 4.98 Å². The third kappa shape index (κ3) is 3.81. The maximum absolute atomic E-state index is 13.7. The molecule has 0 aliphatic carbocycles. The third-order valence-corrected chi connectivity index (χ3v) is 6.33. The molecular weight excluding hydrogens is 443 g/mol. The Bertz CT molecular complexity index is 1200. The standard InChI is InChI=1S/C19H11ClF3N3OS2/c20-9-3-5-10(6-4-9)25-17(27)16-15(24)14-11(19(21,22)23)8-12(26-18(14)29-16)13-2-1-7-28-13/h1-8H,24H2,(H,25,27). The van der Waals surface area contributed by atoms with E-state index in [9.17, 15) is 18.0 Å². The molecule has 0 saturated carbocycles. The van der Waals surface area contributed by atoms with Gasteiger partial charge >= 0.3 is 6.18 Å². The van der Waals surface area contributed by atoms with Gasteiger partial charge in [-0.2, -0.15) is 13.2 Å². The number of pyridine rings is 1. The predicted molar refractivity (Wildman–Crippen MR) is 112 cm³/mol. The van der Waals surface area contributed by atoms with E-state index in [2.05, 4.69) is 10.3 Å².